The Bertz CT molecular complexity index is 2490. The van der Waals surface area contributed by atoms with Crippen molar-refractivity contribution in [1.82, 2.24) is 15.0 Å². The molecule has 7 aromatic rings. The van der Waals surface area contributed by atoms with E-state index in [0.717, 1.165) is 19.6 Å². The summed E-state index contributed by atoms with van der Waals surface area (Å²) < 4.78 is 184. The molecule has 1 aromatic carbocycles. The average molecular weight is 1060 g/mol. The summed E-state index contributed by atoms with van der Waals surface area (Å²) in [6.07, 6.45) is 24.2. The number of halogens is 18. The van der Waals surface area contributed by atoms with Crippen LogP contribution in [0.25, 0.3) is 33.4 Å². The number of aromatic nitrogens is 6. The van der Waals surface area contributed by atoms with Gasteiger partial charge in [-0.1, -0.05) is 0 Å². The summed E-state index contributed by atoms with van der Waals surface area (Å²) in [4.78, 5) is 12.5. The fourth-order valence-electron chi connectivity index (χ4n) is 6.55. The molecule has 0 fully saturated rings. The first-order chi connectivity index (χ1) is 30.9. The molecule has 0 aliphatic heterocycles. The van der Waals surface area contributed by atoms with Crippen molar-refractivity contribution in [3.05, 3.63) is 181 Å². The van der Waals surface area contributed by atoms with Gasteiger partial charge in [0.25, 0.3) is 0 Å². The Hall–Kier alpha value is -5.85. The summed E-state index contributed by atoms with van der Waals surface area (Å²) in [6.45, 7) is 9.28. The van der Waals surface area contributed by atoms with Crippen LogP contribution in [0.4, 0.5) is 75.5 Å². The summed E-state index contributed by atoms with van der Waals surface area (Å²) >= 11 is 0. The third kappa shape index (κ3) is 24.3. The molecular formula is C42H39F18N6P3. The molecule has 69 heavy (non-hydrogen) atoms. The monoisotopic (exact) mass is 1060 g/mol. The van der Waals surface area contributed by atoms with Crippen LogP contribution in [0.3, 0.4) is 0 Å². The van der Waals surface area contributed by atoms with E-state index in [4.69, 9.17) is 0 Å². The molecule has 6 heterocycles. The van der Waals surface area contributed by atoms with Crippen LogP contribution in [-0.4, -0.2) is 15.0 Å². The van der Waals surface area contributed by atoms with Crippen LogP contribution in [0.2, 0.25) is 0 Å². The molecule has 0 atom stereocenters. The second-order valence-electron chi connectivity index (χ2n) is 15.2. The summed E-state index contributed by atoms with van der Waals surface area (Å²) in [5, 5.41) is 0. The third-order valence-corrected chi connectivity index (χ3v) is 9.45. The van der Waals surface area contributed by atoms with E-state index in [0.29, 0.717) is 0 Å². The molecule has 0 N–H and O–H groups in total. The Morgan fingerprint density at radius 2 is 0.435 bits per heavy atom. The normalized spacial score (nSPS) is 14.7. The van der Waals surface area contributed by atoms with Crippen LogP contribution < -0.4 is 13.7 Å². The second kappa shape index (κ2) is 17.8. The quantitative estimate of drug-likeness (QED) is 0.0822. The molecule has 0 saturated heterocycles. The number of nitrogens with zero attached hydrogens (tertiary/aromatic N) is 6. The van der Waals surface area contributed by atoms with Crippen LogP contribution in [-0.2, 0) is 19.6 Å². The second-order valence-corrected chi connectivity index (χ2v) is 20.9. The summed E-state index contributed by atoms with van der Waals surface area (Å²) in [7, 11) is -32.0. The van der Waals surface area contributed by atoms with Gasteiger partial charge < -0.3 is 0 Å². The summed E-state index contributed by atoms with van der Waals surface area (Å²) in [5.74, 6) is 0. The molecule has 0 unspecified atom stereocenters. The maximum absolute atomic E-state index is 10.7. The first-order valence-electron chi connectivity index (χ1n) is 19.4. The number of hydrogen-bond donors (Lipinski definition) is 0. The van der Waals surface area contributed by atoms with E-state index in [2.05, 4.69) is 159 Å². The van der Waals surface area contributed by atoms with Gasteiger partial charge in [-0.3, -0.25) is 15.0 Å². The van der Waals surface area contributed by atoms with Gasteiger partial charge in [-0.05, 0) is 107 Å². The van der Waals surface area contributed by atoms with Gasteiger partial charge in [-0.15, -0.1) is 0 Å². The van der Waals surface area contributed by atoms with Crippen molar-refractivity contribution in [3.8, 4) is 33.4 Å². The van der Waals surface area contributed by atoms with Crippen LogP contribution >= 0.6 is 23.4 Å². The van der Waals surface area contributed by atoms with Gasteiger partial charge in [0.15, 0.2) is 56.8 Å². The van der Waals surface area contributed by atoms with E-state index in [1.54, 1.807) is 0 Å². The molecule has 0 aliphatic carbocycles. The topological polar surface area (TPSA) is 50.3 Å². The SMILES string of the molecule is Cc1c(C[n+]2ccc(-c3ccncc3)cc2)c(C)c(C[n+]2ccc(-c3ccncc3)cc2)c(C)c1C[n+]1ccc(-c2ccncc2)cc1.F[P-](F)(F)(F)(F)F.F[P-](F)(F)(F)(F)F.F[P-](F)(F)(F)(F)F. The number of rotatable bonds is 9. The Balaban J connectivity index is 0.000000412. The van der Waals surface area contributed by atoms with Gasteiger partial charge >= 0.3 is 99.0 Å². The van der Waals surface area contributed by atoms with E-state index >= 15 is 0 Å². The average Bonchev–Trinajstić information content (AvgIpc) is 3.21. The molecule has 0 amide bonds. The Labute approximate surface area is 381 Å². The van der Waals surface area contributed by atoms with Gasteiger partial charge in [0, 0.05) is 90.3 Å². The molecule has 0 saturated carbocycles. The van der Waals surface area contributed by atoms with E-state index < -0.39 is 23.4 Å². The minimum absolute atomic E-state index is 0.797. The van der Waals surface area contributed by atoms with Crippen LogP contribution in [0, 0.1) is 20.8 Å². The minimum atomic E-state index is -10.7. The number of pyridine rings is 6. The molecule has 0 spiro atoms. The maximum atomic E-state index is 9.87. The van der Waals surface area contributed by atoms with Crippen molar-refractivity contribution in [3.63, 3.8) is 0 Å². The molecule has 7 rings (SSSR count). The van der Waals surface area contributed by atoms with E-state index in [1.807, 2.05) is 37.2 Å². The fraction of sp³-hybridized carbons (Fsp3) is 0.143. The van der Waals surface area contributed by atoms with Gasteiger partial charge in [-0.25, -0.2) is 13.7 Å². The predicted molar refractivity (Wildman–Crippen MR) is 228 cm³/mol. The standard InChI is InChI=1S/C42H39N6.3F6P/c1-31-40(28-46-22-10-37(11-23-46)34-4-16-43-17-5-34)32(2)42(30-48-26-14-39(15-27-48)36-8-20-45-21-9-36)33(3)41(31)29-47-24-12-38(13-25-47)35-6-18-44-19-7-35;3*1-7(2,3,4,5)6/h4-27H,28-30H2,1-3H3;;;/q+3;3*-1. The van der Waals surface area contributed by atoms with Crippen molar-refractivity contribution in [1.29, 1.82) is 0 Å². The first kappa shape index (κ1) is 55.7. The molecular weight excluding hydrogens is 1020 g/mol. The van der Waals surface area contributed by atoms with Crippen molar-refractivity contribution in [2.24, 2.45) is 0 Å². The molecule has 27 heteroatoms. The molecule has 0 radical (unpaired) electrons. The zero-order valence-electron chi connectivity index (χ0n) is 35.8. The van der Waals surface area contributed by atoms with Crippen molar-refractivity contribution >= 4 is 23.4 Å². The predicted octanol–water partition coefficient (Wildman–Crippen LogP) is 17.0. The van der Waals surface area contributed by atoms with Gasteiger partial charge in [-0.2, -0.15) is 0 Å². The van der Waals surface area contributed by atoms with E-state index in [1.165, 1.54) is 66.8 Å². The van der Waals surface area contributed by atoms with Crippen molar-refractivity contribution < 1.29 is 89.2 Å². The van der Waals surface area contributed by atoms with E-state index in [-0.39, 0.29) is 0 Å². The van der Waals surface area contributed by atoms with Gasteiger partial charge in [0.1, 0.15) is 0 Å². The Morgan fingerprint density at radius 1 is 0.290 bits per heavy atom. The van der Waals surface area contributed by atoms with E-state index in [9.17, 15) is 75.5 Å². The third-order valence-electron chi connectivity index (χ3n) is 9.45. The summed E-state index contributed by atoms with van der Waals surface area (Å²) in [5.41, 5.74) is 15.2. The Morgan fingerprint density at radius 3 is 0.594 bits per heavy atom. The number of hydrogen-bond acceptors (Lipinski definition) is 3. The molecule has 378 valence electrons. The van der Waals surface area contributed by atoms with Crippen LogP contribution in [0.15, 0.2) is 147 Å². The van der Waals surface area contributed by atoms with Gasteiger partial charge in [0.05, 0.1) is 0 Å². The molecule has 0 aliphatic rings. The van der Waals surface area contributed by atoms with Crippen LogP contribution in [0.1, 0.15) is 33.4 Å². The van der Waals surface area contributed by atoms with Crippen molar-refractivity contribution in [2.75, 3.05) is 0 Å². The van der Waals surface area contributed by atoms with Crippen LogP contribution in [0.5, 0.6) is 0 Å². The zero-order valence-corrected chi connectivity index (χ0v) is 38.5. The zero-order chi connectivity index (χ0) is 52.1. The summed E-state index contributed by atoms with van der Waals surface area (Å²) in [6, 6.07) is 25.4. The first-order valence-corrected chi connectivity index (χ1v) is 25.4. The Kier molecular flexibility index (Phi) is 14.4. The fourth-order valence-corrected chi connectivity index (χ4v) is 6.55. The molecule has 6 nitrogen and oxygen atoms in total. The van der Waals surface area contributed by atoms with Gasteiger partial charge in [0.2, 0.25) is 0 Å². The molecule has 6 aromatic heterocycles. The number of benzene rings is 1. The van der Waals surface area contributed by atoms with Crippen molar-refractivity contribution in [2.45, 2.75) is 40.4 Å². The molecule has 0 bridgehead atoms.